The van der Waals surface area contributed by atoms with Gasteiger partial charge in [-0.05, 0) is 24.6 Å². The predicted octanol–water partition coefficient (Wildman–Crippen LogP) is 1.50. The first-order chi connectivity index (χ1) is 7.24. The largest absolute Gasteiger partial charge is 0.309 e. The summed E-state index contributed by atoms with van der Waals surface area (Å²) in [6.07, 6.45) is 3.58. The van der Waals surface area contributed by atoms with Crippen molar-refractivity contribution in [2.75, 3.05) is 18.1 Å². The van der Waals surface area contributed by atoms with Gasteiger partial charge in [-0.3, -0.25) is 9.19 Å². The molecule has 3 nitrogen and oxygen atoms in total. The first kappa shape index (κ1) is 12.3. The molecule has 0 radical (unpaired) electrons. The van der Waals surface area contributed by atoms with E-state index in [9.17, 15) is 4.21 Å². The fourth-order valence-corrected chi connectivity index (χ4v) is 1.94. The van der Waals surface area contributed by atoms with Crippen LogP contribution in [0.4, 0.5) is 0 Å². The number of nitrogens with one attached hydrogen (secondary N) is 1. The number of hydrogen-bond donors (Lipinski definition) is 1. The second-order valence-electron chi connectivity index (χ2n) is 3.39. The van der Waals surface area contributed by atoms with Crippen molar-refractivity contribution in [3.05, 3.63) is 30.1 Å². The van der Waals surface area contributed by atoms with E-state index in [4.69, 9.17) is 0 Å². The van der Waals surface area contributed by atoms with Crippen LogP contribution >= 0.6 is 0 Å². The number of aromatic nitrogens is 1. The Morgan fingerprint density at radius 1 is 1.47 bits per heavy atom. The molecular formula is C11H18N2OS. The zero-order chi connectivity index (χ0) is 11.1. The van der Waals surface area contributed by atoms with E-state index in [1.54, 1.807) is 12.4 Å². The average Bonchev–Trinajstić information content (AvgIpc) is 2.29. The van der Waals surface area contributed by atoms with Gasteiger partial charge in [0.15, 0.2) is 0 Å². The van der Waals surface area contributed by atoms with Crippen molar-refractivity contribution in [1.29, 1.82) is 0 Å². The van der Waals surface area contributed by atoms with Crippen molar-refractivity contribution >= 4 is 10.8 Å². The molecule has 1 heterocycles. The minimum absolute atomic E-state index is 0.293. The van der Waals surface area contributed by atoms with Crippen molar-refractivity contribution in [2.45, 2.75) is 19.9 Å². The summed E-state index contributed by atoms with van der Waals surface area (Å²) in [5, 5.41) is 3.34. The van der Waals surface area contributed by atoms with Gasteiger partial charge in [-0.15, -0.1) is 0 Å². The lowest BCUT2D eigenvalue weighted by molar-refractivity contribution is 0.596. The molecule has 0 saturated carbocycles. The number of hydrogen-bond acceptors (Lipinski definition) is 3. The Labute approximate surface area is 93.8 Å². The smallest absolute Gasteiger partial charge is 0.0360 e. The highest BCUT2D eigenvalue weighted by atomic mass is 32.2. The van der Waals surface area contributed by atoms with Gasteiger partial charge in [0.2, 0.25) is 0 Å². The van der Waals surface area contributed by atoms with E-state index in [0.29, 0.717) is 6.04 Å². The normalized spacial score (nSPS) is 14.8. The molecule has 0 aliphatic carbocycles. The summed E-state index contributed by atoms with van der Waals surface area (Å²) in [6, 6.07) is 4.28. The Morgan fingerprint density at radius 2 is 2.13 bits per heavy atom. The van der Waals surface area contributed by atoms with Crippen molar-refractivity contribution < 1.29 is 4.21 Å². The van der Waals surface area contributed by atoms with E-state index in [0.717, 1.165) is 18.1 Å². The molecule has 1 aromatic rings. The standard InChI is InChI=1S/C11H18N2OS/c1-3-15(14)9-8-13-10(2)11-4-6-12-7-5-11/h4-7,10,13H,3,8-9H2,1-2H3. The maximum absolute atomic E-state index is 11.2. The molecule has 1 rings (SSSR count). The van der Waals surface area contributed by atoms with Gasteiger partial charge in [0.1, 0.15) is 0 Å². The Hall–Kier alpha value is -0.740. The molecule has 0 fully saturated rings. The van der Waals surface area contributed by atoms with E-state index in [2.05, 4.69) is 17.2 Å². The van der Waals surface area contributed by atoms with E-state index in [1.165, 1.54) is 5.56 Å². The van der Waals surface area contributed by atoms with Gasteiger partial charge in [-0.25, -0.2) is 0 Å². The minimum Gasteiger partial charge on any atom is -0.309 e. The molecule has 4 heteroatoms. The third-order valence-corrected chi connectivity index (χ3v) is 3.61. The van der Waals surface area contributed by atoms with Crippen molar-refractivity contribution in [2.24, 2.45) is 0 Å². The van der Waals surface area contributed by atoms with E-state index in [-0.39, 0.29) is 0 Å². The average molecular weight is 226 g/mol. The van der Waals surface area contributed by atoms with Crippen LogP contribution in [0.25, 0.3) is 0 Å². The van der Waals surface area contributed by atoms with Gasteiger partial charge < -0.3 is 5.32 Å². The second kappa shape index (κ2) is 6.69. The topological polar surface area (TPSA) is 42.0 Å². The predicted molar refractivity (Wildman–Crippen MR) is 64.2 cm³/mol. The molecule has 0 bridgehead atoms. The number of pyridine rings is 1. The molecule has 0 saturated heterocycles. The van der Waals surface area contributed by atoms with Crippen molar-refractivity contribution in [1.82, 2.24) is 10.3 Å². The third-order valence-electron chi connectivity index (χ3n) is 2.31. The molecule has 0 aliphatic rings. The Balaban J connectivity index is 2.31. The first-order valence-corrected chi connectivity index (χ1v) is 6.71. The Kier molecular flexibility index (Phi) is 5.50. The van der Waals surface area contributed by atoms with Crippen molar-refractivity contribution in [3.63, 3.8) is 0 Å². The molecule has 1 aromatic heterocycles. The lowest BCUT2D eigenvalue weighted by atomic mass is 10.1. The minimum atomic E-state index is -0.675. The molecule has 2 unspecified atom stereocenters. The van der Waals surface area contributed by atoms with Crippen LogP contribution in [0.15, 0.2) is 24.5 Å². The van der Waals surface area contributed by atoms with E-state index in [1.807, 2.05) is 19.1 Å². The highest BCUT2D eigenvalue weighted by Gasteiger charge is 2.04. The van der Waals surface area contributed by atoms with Crippen molar-refractivity contribution in [3.8, 4) is 0 Å². The monoisotopic (exact) mass is 226 g/mol. The van der Waals surface area contributed by atoms with Gasteiger partial charge in [-0.1, -0.05) is 6.92 Å². The Morgan fingerprint density at radius 3 is 2.73 bits per heavy atom. The summed E-state index contributed by atoms with van der Waals surface area (Å²) in [5.41, 5.74) is 1.22. The molecule has 2 atom stereocenters. The fraction of sp³-hybridized carbons (Fsp3) is 0.545. The van der Waals surface area contributed by atoms with Crippen LogP contribution in [0.5, 0.6) is 0 Å². The highest BCUT2D eigenvalue weighted by Crippen LogP contribution is 2.09. The van der Waals surface area contributed by atoms with Gasteiger partial charge in [-0.2, -0.15) is 0 Å². The number of rotatable bonds is 6. The van der Waals surface area contributed by atoms with E-state index < -0.39 is 10.8 Å². The third kappa shape index (κ3) is 4.53. The van der Waals surface area contributed by atoms with Crippen LogP contribution in [-0.4, -0.2) is 27.2 Å². The van der Waals surface area contributed by atoms with Crippen LogP contribution < -0.4 is 5.32 Å². The Bertz CT molecular complexity index is 303. The van der Waals surface area contributed by atoms with Gasteiger partial charge >= 0.3 is 0 Å². The lowest BCUT2D eigenvalue weighted by Crippen LogP contribution is -2.24. The zero-order valence-corrected chi connectivity index (χ0v) is 10.1. The van der Waals surface area contributed by atoms with E-state index >= 15 is 0 Å². The summed E-state index contributed by atoms with van der Waals surface area (Å²) >= 11 is 0. The van der Waals surface area contributed by atoms with Gasteiger partial charge in [0.05, 0.1) is 0 Å². The fourth-order valence-electron chi connectivity index (χ4n) is 1.30. The SMILES string of the molecule is CCS(=O)CCNC(C)c1ccncc1. The highest BCUT2D eigenvalue weighted by molar-refractivity contribution is 7.84. The quantitative estimate of drug-likeness (QED) is 0.799. The molecule has 0 amide bonds. The summed E-state index contributed by atoms with van der Waals surface area (Å²) in [7, 11) is -0.675. The zero-order valence-electron chi connectivity index (χ0n) is 9.27. The first-order valence-electron chi connectivity index (χ1n) is 5.22. The molecule has 1 N–H and O–H groups in total. The van der Waals surface area contributed by atoms with Crippen LogP contribution in [0.1, 0.15) is 25.5 Å². The number of nitrogens with zero attached hydrogens (tertiary/aromatic N) is 1. The van der Waals surface area contributed by atoms with Crippen LogP contribution in [-0.2, 0) is 10.8 Å². The summed E-state index contributed by atoms with van der Waals surface area (Å²) in [6.45, 7) is 4.84. The molecule has 15 heavy (non-hydrogen) atoms. The maximum atomic E-state index is 11.2. The van der Waals surface area contributed by atoms with Crippen LogP contribution in [0.3, 0.4) is 0 Å². The molecule has 0 aliphatic heterocycles. The molecule has 84 valence electrons. The van der Waals surface area contributed by atoms with Gasteiger partial charge in [0, 0.05) is 47.3 Å². The molecular weight excluding hydrogens is 208 g/mol. The van der Waals surface area contributed by atoms with Gasteiger partial charge in [0.25, 0.3) is 0 Å². The summed E-state index contributed by atoms with van der Waals surface area (Å²) in [4.78, 5) is 3.97. The molecule has 0 spiro atoms. The second-order valence-corrected chi connectivity index (χ2v) is 5.25. The summed E-state index contributed by atoms with van der Waals surface area (Å²) in [5.74, 6) is 1.47. The maximum Gasteiger partial charge on any atom is 0.0360 e. The van der Waals surface area contributed by atoms with Crippen LogP contribution in [0.2, 0.25) is 0 Å². The molecule has 0 aromatic carbocycles. The summed E-state index contributed by atoms with van der Waals surface area (Å²) < 4.78 is 11.2. The van der Waals surface area contributed by atoms with Crippen LogP contribution in [0, 0.1) is 0 Å². The lowest BCUT2D eigenvalue weighted by Gasteiger charge is -2.13.